The summed E-state index contributed by atoms with van der Waals surface area (Å²) in [6.45, 7) is 9.05. The van der Waals surface area contributed by atoms with Crippen LogP contribution in [0, 0.1) is 0 Å². The van der Waals surface area contributed by atoms with Crippen LogP contribution in [0.25, 0.3) is 0 Å². The van der Waals surface area contributed by atoms with Crippen LogP contribution in [-0.4, -0.2) is 34.5 Å². The van der Waals surface area contributed by atoms with Crippen molar-refractivity contribution in [2.45, 2.75) is 64.4 Å². The Bertz CT molecular complexity index is 470. The van der Waals surface area contributed by atoms with Crippen LogP contribution in [0.15, 0.2) is 12.5 Å². The highest BCUT2D eigenvalue weighted by molar-refractivity contribution is 6.61. The van der Waals surface area contributed by atoms with E-state index in [1.807, 2.05) is 12.5 Å². The summed E-state index contributed by atoms with van der Waals surface area (Å²) >= 11 is 0. The molecule has 1 aromatic heterocycles. The summed E-state index contributed by atoms with van der Waals surface area (Å²) in [6, 6.07) is 0. The third kappa shape index (κ3) is 3.00. The number of hydrogen-bond acceptors (Lipinski definition) is 4. The van der Waals surface area contributed by atoms with Gasteiger partial charge in [-0.25, -0.2) is 4.98 Å². The van der Waals surface area contributed by atoms with E-state index in [2.05, 4.69) is 37.2 Å². The van der Waals surface area contributed by atoms with Crippen LogP contribution >= 0.6 is 12.4 Å². The van der Waals surface area contributed by atoms with Gasteiger partial charge < -0.3 is 18.6 Å². The van der Waals surface area contributed by atoms with E-state index >= 15 is 0 Å². The first-order valence-electron chi connectivity index (χ1n) is 7.40. The van der Waals surface area contributed by atoms with Gasteiger partial charge in [-0.15, -0.1) is 12.4 Å². The molecule has 0 aromatic carbocycles. The number of ether oxygens (including phenoxy) is 1. The van der Waals surface area contributed by atoms with Gasteiger partial charge in [-0.1, -0.05) is 0 Å². The summed E-state index contributed by atoms with van der Waals surface area (Å²) < 4.78 is 20.1. The first-order valence-corrected chi connectivity index (χ1v) is 7.40. The molecule has 1 atom stereocenters. The van der Waals surface area contributed by atoms with Crippen molar-refractivity contribution in [2.75, 3.05) is 6.61 Å². The second-order valence-corrected chi connectivity index (χ2v) is 6.64. The van der Waals surface area contributed by atoms with Crippen LogP contribution in [-0.2, 0) is 14.0 Å². The molecule has 2 fully saturated rings. The molecule has 0 saturated carbocycles. The molecule has 3 rings (SSSR count). The minimum atomic E-state index is -0.381. The van der Waals surface area contributed by atoms with Gasteiger partial charge in [0, 0.05) is 12.8 Å². The molecule has 2 aliphatic heterocycles. The van der Waals surface area contributed by atoms with Gasteiger partial charge in [-0.3, -0.25) is 0 Å². The lowest BCUT2D eigenvalue weighted by atomic mass is 9.85. The van der Waals surface area contributed by atoms with Gasteiger partial charge in [0.2, 0.25) is 0 Å². The molecule has 0 spiro atoms. The van der Waals surface area contributed by atoms with Gasteiger partial charge in [-0.2, -0.15) is 0 Å². The maximum absolute atomic E-state index is 6.10. The highest BCUT2D eigenvalue weighted by atomic mass is 35.5. The number of rotatable bonds is 2. The van der Waals surface area contributed by atoms with Gasteiger partial charge in [-0.05, 0) is 47.0 Å². The highest BCUT2D eigenvalue weighted by Crippen LogP contribution is 2.36. The largest absolute Gasteiger partial charge is 0.514 e. The monoisotopic (exact) mass is 314 g/mol. The minimum absolute atomic E-state index is 0. The Kier molecular flexibility index (Phi) is 4.73. The van der Waals surface area contributed by atoms with Crippen LogP contribution in [0.2, 0.25) is 0 Å². The fourth-order valence-corrected chi connectivity index (χ4v) is 2.64. The molecule has 1 aromatic rings. The summed E-state index contributed by atoms with van der Waals surface area (Å²) in [4.78, 5) is 4.26. The average Bonchev–Trinajstić information content (AvgIpc) is 2.94. The maximum Gasteiger partial charge on any atom is 0.514 e. The molecular weight excluding hydrogens is 290 g/mol. The number of nitrogens with zero attached hydrogens (tertiary/aromatic N) is 2. The third-order valence-electron chi connectivity index (χ3n) is 4.66. The topological polar surface area (TPSA) is 45.5 Å². The van der Waals surface area contributed by atoms with E-state index in [-0.39, 0.29) is 37.0 Å². The van der Waals surface area contributed by atoms with Crippen molar-refractivity contribution in [3.05, 3.63) is 12.5 Å². The molecule has 2 aliphatic rings. The molecule has 5 nitrogen and oxygen atoms in total. The highest BCUT2D eigenvalue weighted by Gasteiger charge is 2.53. The van der Waals surface area contributed by atoms with Crippen LogP contribution in [0.5, 0.6) is 0 Å². The molecule has 3 heterocycles. The molecule has 0 amide bonds. The van der Waals surface area contributed by atoms with E-state index in [0.717, 1.165) is 25.0 Å². The smallest absolute Gasteiger partial charge is 0.398 e. The standard InChI is InChI=1S/C14H23BN2O3.ClH/c1-13(2)14(3,4)20-15(19-13)11-9-16-10-17(11)12-7-5-6-8-18-12;/h9-10,12H,5-8H2,1-4H3;1H. The normalized spacial score (nSPS) is 27.4. The summed E-state index contributed by atoms with van der Waals surface area (Å²) in [7, 11) is -0.381. The molecule has 0 aliphatic carbocycles. The zero-order chi connectivity index (χ0) is 14.4. The number of hydrogen-bond donors (Lipinski definition) is 0. The van der Waals surface area contributed by atoms with Crippen LogP contribution in [0.1, 0.15) is 53.2 Å². The fourth-order valence-electron chi connectivity index (χ4n) is 2.64. The number of imidazole rings is 1. The Morgan fingerprint density at radius 1 is 1.19 bits per heavy atom. The van der Waals surface area contributed by atoms with Crippen molar-refractivity contribution >= 4 is 25.1 Å². The first-order chi connectivity index (χ1) is 9.41. The molecule has 7 heteroatoms. The Balaban J connectivity index is 0.00000161. The first kappa shape index (κ1) is 16.8. The maximum atomic E-state index is 6.10. The molecular formula is C14H24BClN2O3. The molecule has 2 saturated heterocycles. The lowest BCUT2D eigenvalue weighted by Crippen LogP contribution is -2.41. The van der Waals surface area contributed by atoms with E-state index in [0.29, 0.717) is 0 Å². The molecule has 0 radical (unpaired) electrons. The predicted molar refractivity (Wildman–Crippen MR) is 84.0 cm³/mol. The molecule has 1 unspecified atom stereocenters. The van der Waals surface area contributed by atoms with Gasteiger partial charge in [0.15, 0.2) is 0 Å². The van der Waals surface area contributed by atoms with Crippen molar-refractivity contribution in [2.24, 2.45) is 0 Å². The van der Waals surface area contributed by atoms with Crippen LogP contribution < -0.4 is 5.59 Å². The Morgan fingerprint density at radius 2 is 1.86 bits per heavy atom. The summed E-state index contributed by atoms with van der Waals surface area (Å²) in [6.07, 6.45) is 7.03. The quantitative estimate of drug-likeness (QED) is 0.786. The predicted octanol–water partition coefficient (Wildman–Crippen LogP) is 2.30. The average molecular weight is 315 g/mol. The van der Waals surface area contributed by atoms with Crippen molar-refractivity contribution in [1.29, 1.82) is 0 Å². The fraction of sp³-hybridized carbons (Fsp3) is 0.786. The molecule has 118 valence electrons. The van der Waals surface area contributed by atoms with E-state index in [4.69, 9.17) is 14.0 Å². The van der Waals surface area contributed by atoms with Crippen molar-refractivity contribution in [1.82, 2.24) is 9.55 Å². The zero-order valence-electron chi connectivity index (χ0n) is 13.2. The number of halogens is 1. The van der Waals surface area contributed by atoms with Gasteiger partial charge >= 0.3 is 7.12 Å². The SMILES string of the molecule is CC1(C)OB(c2cncn2C2CCCCO2)OC1(C)C.Cl. The van der Waals surface area contributed by atoms with E-state index in [9.17, 15) is 0 Å². The molecule has 21 heavy (non-hydrogen) atoms. The van der Waals surface area contributed by atoms with Crippen molar-refractivity contribution in [3.8, 4) is 0 Å². The van der Waals surface area contributed by atoms with Gasteiger partial charge in [0.05, 0.1) is 23.1 Å². The van der Waals surface area contributed by atoms with Crippen molar-refractivity contribution < 1.29 is 14.0 Å². The summed E-state index contributed by atoms with van der Waals surface area (Å²) in [5.74, 6) is 0. The molecule has 0 bridgehead atoms. The Hall–Kier alpha value is -0.555. The van der Waals surface area contributed by atoms with Gasteiger partial charge in [0.25, 0.3) is 0 Å². The second-order valence-electron chi connectivity index (χ2n) is 6.64. The lowest BCUT2D eigenvalue weighted by molar-refractivity contribution is -0.0306. The van der Waals surface area contributed by atoms with E-state index in [1.165, 1.54) is 6.42 Å². The Labute approximate surface area is 132 Å². The van der Waals surface area contributed by atoms with Crippen LogP contribution in [0.3, 0.4) is 0 Å². The summed E-state index contributed by atoms with van der Waals surface area (Å²) in [5, 5.41) is 0. The minimum Gasteiger partial charge on any atom is -0.398 e. The van der Waals surface area contributed by atoms with E-state index in [1.54, 1.807) is 0 Å². The van der Waals surface area contributed by atoms with E-state index < -0.39 is 0 Å². The third-order valence-corrected chi connectivity index (χ3v) is 4.66. The zero-order valence-corrected chi connectivity index (χ0v) is 14.0. The second kappa shape index (κ2) is 5.91. The number of aromatic nitrogens is 2. The van der Waals surface area contributed by atoms with Crippen molar-refractivity contribution in [3.63, 3.8) is 0 Å². The van der Waals surface area contributed by atoms with Gasteiger partial charge in [0.1, 0.15) is 6.23 Å². The van der Waals surface area contributed by atoms with Crippen LogP contribution in [0.4, 0.5) is 0 Å². The Morgan fingerprint density at radius 3 is 2.43 bits per heavy atom. The molecule has 0 N–H and O–H groups in total. The lowest BCUT2D eigenvalue weighted by Gasteiger charge is -2.32. The summed E-state index contributed by atoms with van der Waals surface area (Å²) in [5.41, 5.74) is 0.274.